The van der Waals surface area contributed by atoms with Crippen LogP contribution in [0.3, 0.4) is 0 Å². The maximum absolute atomic E-state index is 7.00. The second-order valence-corrected chi connectivity index (χ2v) is 0.205. The van der Waals surface area contributed by atoms with E-state index in [0.717, 1.165) is 0 Å². The highest BCUT2D eigenvalue weighted by atomic mass is 16.4. The van der Waals surface area contributed by atoms with Crippen LogP contribution in [0.1, 0.15) is 0 Å². The van der Waals surface area contributed by atoms with Crippen LogP contribution in [0, 0.1) is 0 Å². The zero-order valence-corrected chi connectivity index (χ0v) is 2.81. The Kier molecular flexibility index (Phi) is 41.7. The maximum Gasteiger partial charge on any atom is 0.482 e. The molecule has 0 aliphatic heterocycles. The van der Waals surface area contributed by atoms with Gasteiger partial charge in [-0.15, -0.1) is 0 Å². The molecule has 1 radical (unpaired) electrons. The first-order valence-electron chi connectivity index (χ1n) is 0.916. The van der Waals surface area contributed by atoms with Crippen molar-refractivity contribution in [1.82, 2.24) is 0 Å². The van der Waals surface area contributed by atoms with Gasteiger partial charge in [-0.1, -0.05) is 0 Å². The summed E-state index contributed by atoms with van der Waals surface area (Å²) in [5.74, 6) is 0. The monoisotopic (exact) mass is 87.0 g/mol. The first-order chi connectivity index (χ1) is 2.83. The van der Waals surface area contributed by atoms with E-state index in [2.05, 4.69) is 0 Å². The third kappa shape index (κ3) is 34.9. The van der Waals surface area contributed by atoms with Crippen LogP contribution in [0.25, 0.3) is 16.0 Å². The number of hydrogen-bond acceptors (Lipinski definition) is 2. The lowest BCUT2D eigenvalue weighted by Crippen LogP contribution is -1.75. The van der Waals surface area contributed by atoms with Crippen molar-refractivity contribution in [3.05, 3.63) is 16.0 Å². The molecule has 0 aromatic heterocycles. The maximum atomic E-state index is 7.00. The van der Waals surface area contributed by atoms with E-state index in [1.165, 1.54) is 4.91 Å². The Balaban J connectivity index is 0. The summed E-state index contributed by atoms with van der Waals surface area (Å²) in [7, 11) is 0. The van der Waals surface area contributed by atoms with Crippen LogP contribution in [0.4, 0.5) is 0 Å². The van der Waals surface area contributed by atoms with Crippen LogP contribution in [-0.4, -0.2) is 17.7 Å². The molecular formula is H2BN3O2-. The molecule has 5 nitrogen and oxygen atoms in total. The molecule has 0 fully saturated rings. The molecule has 0 aliphatic rings. The SMILES string of the molecule is O[B]O.[N-]=[N+]=[N-]. The third-order valence-electron chi connectivity index (χ3n) is 0. The highest BCUT2D eigenvalue weighted by Crippen LogP contribution is 1.29. The Hall–Kier alpha value is -0.705. The van der Waals surface area contributed by atoms with Gasteiger partial charge >= 0.3 is 7.69 Å². The fourth-order valence-corrected chi connectivity index (χ4v) is 0. The van der Waals surface area contributed by atoms with Gasteiger partial charge in [0, 0.05) is 0 Å². The van der Waals surface area contributed by atoms with Gasteiger partial charge in [-0.3, -0.25) is 4.91 Å². The minimum absolute atomic E-state index is 0. The second-order valence-electron chi connectivity index (χ2n) is 0.205. The molecule has 0 saturated heterocycles. The Morgan fingerprint density at radius 3 is 1.33 bits per heavy atom. The van der Waals surface area contributed by atoms with Gasteiger partial charge in [0.2, 0.25) is 0 Å². The molecule has 0 heterocycles. The number of nitrogens with zero attached hydrogens (tertiary/aromatic N) is 3. The topological polar surface area (TPSA) is 99.2 Å². The first-order valence-corrected chi connectivity index (χ1v) is 0.916. The van der Waals surface area contributed by atoms with Crippen molar-refractivity contribution in [2.24, 2.45) is 0 Å². The Bertz CT molecular complexity index is 38.1. The summed E-state index contributed by atoms with van der Waals surface area (Å²) in [5.41, 5.74) is 13.5. The summed E-state index contributed by atoms with van der Waals surface area (Å²) in [6.45, 7) is 0. The molecule has 0 rings (SSSR count). The van der Waals surface area contributed by atoms with Crippen molar-refractivity contribution in [1.29, 1.82) is 0 Å². The van der Waals surface area contributed by atoms with Crippen molar-refractivity contribution in [3.63, 3.8) is 0 Å². The molecule has 0 saturated carbocycles. The molecule has 6 heavy (non-hydrogen) atoms. The largest absolute Gasteiger partial charge is 0.482 e. The van der Waals surface area contributed by atoms with Crippen molar-refractivity contribution >= 4 is 7.69 Å². The van der Waals surface area contributed by atoms with Gasteiger partial charge in [0.25, 0.3) is 0 Å². The minimum Gasteiger partial charge on any atom is -0.429 e. The van der Waals surface area contributed by atoms with E-state index >= 15 is 0 Å². The van der Waals surface area contributed by atoms with E-state index in [0.29, 0.717) is 0 Å². The van der Waals surface area contributed by atoms with Crippen LogP contribution in [-0.2, 0) is 0 Å². The second kappa shape index (κ2) is 27.8. The Labute approximate surface area is 34.9 Å². The lowest BCUT2D eigenvalue weighted by Gasteiger charge is -1.46. The van der Waals surface area contributed by atoms with Crippen LogP contribution in [0.2, 0.25) is 0 Å². The zero-order chi connectivity index (χ0) is 5.41. The van der Waals surface area contributed by atoms with E-state index in [4.69, 9.17) is 21.1 Å². The highest BCUT2D eigenvalue weighted by molar-refractivity contribution is 6.13. The lowest BCUT2D eigenvalue weighted by molar-refractivity contribution is 0.448. The van der Waals surface area contributed by atoms with E-state index in [-0.39, 0.29) is 7.69 Å². The normalized spacial score (nSPS) is 3.67. The van der Waals surface area contributed by atoms with E-state index < -0.39 is 0 Å². The van der Waals surface area contributed by atoms with Gasteiger partial charge in [0.1, 0.15) is 0 Å². The summed E-state index contributed by atoms with van der Waals surface area (Å²) < 4.78 is 0. The van der Waals surface area contributed by atoms with Gasteiger partial charge in [-0.05, 0) is 0 Å². The van der Waals surface area contributed by atoms with Crippen LogP contribution in [0.15, 0.2) is 0 Å². The van der Waals surface area contributed by atoms with E-state index in [9.17, 15) is 0 Å². The zero-order valence-electron chi connectivity index (χ0n) is 2.81. The highest BCUT2D eigenvalue weighted by Gasteiger charge is 1.51. The molecule has 2 N–H and O–H groups in total. The molecule has 0 atom stereocenters. The van der Waals surface area contributed by atoms with Crippen molar-refractivity contribution < 1.29 is 10.0 Å². The van der Waals surface area contributed by atoms with Crippen LogP contribution < -0.4 is 0 Å². The van der Waals surface area contributed by atoms with Crippen molar-refractivity contribution in [3.8, 4) is 0 Å². The van der Waals surface area contributed by atoms with E-state index in [1.807, 2.05) is 0 Å². The fraction of sp³-hybridized carbons (Fsp3) is 0. The van der Waals surface area contributed by atoms with Crippen molar-refractivity contribution in [2.45, 2.75) is 0 Å². The summed E-state index contributed by atoms with van der Waals surface area (Å²) >= 11 is 0. The molecule has 0 aromatic rings. The van der Waals surface area contributed by atoms with Crippen LogP contribution >= 0.6 is 0 Å². The molecule has 0 spiro atoms. The van der Waals surface area contributed by atoms with Gasteiger partial charge in [0.05, 0.1) is 0 Å². The first kappa shape index (κ1) is 9.00. The average Bonchev–Trinajstić information content (AvgIpc) is 1.39. The van der Waals surface area contributed by atoms with Crippen LogP contribution in [0.5, 0.6) is 0 Å². The van der Waals surface area contributed by atoms with Gasteiger partial charge in [0.15, 0.2) is 0 Å². The fourth-order valence-electron chi connectivity index (χ4n) is 0. The molecule has 6 heteroatoms. The third-order valence-corrected chi connectivity index (χ3v) is 0. The minimum atomic E-state index is 0. The number of hydrogen-bond donors (Lipinski definition) is 2. The standard InChI is InChI=1S/BH2O2.N3/c2-1-3;1-3-2/h2-3H;/q;-1. The molecule has 0 aromatic carbocycles. The Morgan fingerprint density at radius 2 is 1.33 bits per heavy atom. The molecule has 0 unspecified atom stereocenters. The van der Waals surface area contributed by atoms with Gasteiger partial charge < -0.3 is 21.1 Å². The summed E-state index contributed by atoms with van der Waals surface area (Å²) in [4.78, 5) is 1.50. The molecule has 0 bridgehead atoms. The quantitative estimate of drug-likeness (QED) is 0.178. The van der Waals surface area contributed by atoms with Crippen molar-refractivity contribution in [2.75, 3.05) is 0 Å². The lowest BCUT2D eigenvalue weighted by atomic mass is 10.5. The molecule has 33 valence electrons. The predicted molar refractivity (Wildman–Crippen MR) is 20.3 cm³/mol. The van der Waals surface area contributed by atoms with E-state index in [1.54, 1.807) is 0 Å². The van der Waals surface area contributed by atoms with Gasteiger partial charge in [-0.25, -0.2) is 0 Å². The molecule has 0 aliphatic carbocycles. The smallest absolute Gasteiger partial charge is 0.429 e. The average molecular weight is 86.8 g/mol. The van der Waals surface area contributed by atoms with Gasteiger partial charge in [-0.2, -0.15) is 0 Å². The molecule has 0 amide bonds. The summed E-state index contributed by atoms with van der Waals surface area (Å²) in [5, 5.41) is 14.0. The summed E-state index contributed by atoms with van der Waals surface area (Å²) in [6.07, 6.45) is 0. The summed E-state index contributed by atoms with van der Waals surface area (Å²) in [6, 6.07) is 0. The Morgan fingerprint density at radius 1 is 1.33 bits per heavy atom. The molecular weight excluding hydrogens is 84.8 g/mol. The number of rotatable bonds is 0. The predicted octanol–water partition coefficient (Wildman–Crippen LogP) is -0.629.